The van der Waals surface area contributed by atoms with Gasteiger partial charge in [0.15, 0.2) is 11.5 Å². The molecular weight excluding hydrogens is 364 g/mol. The number of ether oxygens (including phenoxy) is 3. The molecule has 0 aliphatic carbocycles. The van der Waals surface area contributed by atoms with Crippen molar-refractivity contribution in [1.82, 2.24) is 4.98 Å². The molecule has 1 aromatic heterocycles. The standard InChI is InChI=1S/C20H20N2O4S/c1-12-17(13-8-6-5-7-9-13)21-20(27-12)18(22-23)14-10-15(24-2)19(26-4)16(11-14)25-3/h5-11,23H,1-4H3. The van der Waals surface area contributed by atoms with Crippen molar-refractivity contribution in [2.24, 2.45) is 5.16 Å². The van der Waals surface area contributed by atoms with Crippen LogP contribution in [0.5, 0.6) is 17.2 Å². The van der Waals surface area contributed by atoms with Crippen molar-refractivity contribution in [1.29, 1.82) is 0 Å². The van der Waals surface area contributed by atoms with Gasteiger partial charge in [-0.15, -0.1) is 11.3 Å². The first-order valence-corrected chi connectivity index (χ1v) is 9.00. The molecule has 3 aromatic rings. The van der Waals surface area contributed by atoms with Gasteiger partial charge in [0.25, 0.3) is 0 Å². The number of methoxy groups -OCH3 is 3. The minimum Gasteiger partial charge on any atom is -0.493 e. The molecule has 0 bridgehead atoms. The molecule has 1 N–H and O–H groups in total. The molecule has 2 aromatic carbocycles. The minimum atomic E-state index is 0.338. The lowest BCUT2D eigenvalue weighted by Crippen LogP contribution is -2.05. The van der Waals surface area contributed by atoms with Crippen LogP contribution in [-0.2, 0) is 0 Å². The molecule has 0 unspecified atom stereocenters. The Balaban J connectivity index is 2.09. The predicted octanol–water partition coefficient (Wildman–Crippen LogP) is 4.37. The summed E-state index contributed by atoms with van der Waals surface area (Å²) in [6.07, 6.45) is 0. The average Bonchev–Trinajstić information content (AvgIpc) is 3.09. The lowest BCUT2D eigenvalue weighted by molar-refractivity contribution is 0.318. The predicted molar refractivity (Wildman–Crippen MR) is 106 cm³/mol. The molecule has 0 radical (unpaired) electrons. The van der Waals surface area contributed by atoms with E-state index in [9.17, 15) is 5.21 Å². The van der Waals surface area contributed by atoms with Crippen LogP contribution in [0.3, 0.4) is 0 Å². The molecule has 0 aliphatic rings. The summed E-state index contributed by atoms with van der Waals surface area (Å²) in [5.74, 6) is 1.43. The molecule has 0 saturated heterocycles. The number of aryl methyl sites for hydroxylation is 1. The van der Waals surface area contributed by atoms with Crippen molar-refractivity contribution in [3.05, 3.63) is 57.9 Å². The summed E-state index contributed by atoms with van der Waals surface area (Å²) in [5, 5.41) is 13.8. The summed E-state index contributed by atoms with van der Waals surface area (Å²) < 4.78 is 16.1. The Hall–Kier alpha value is -3.06. The third kappa shape index (κ3) is 3.59. The van der Waals surface area contributed by atoms with E-state index in [0.29, 0.717) is 33.5 Å². The van der Waals surface area contributed by atoms with Gasteiger partial charge in [-0.3, -0.25) is 0 Å². The lowest BCUT2D eigenvalue weighted by atomic mass is 10.1. The maximum absolute atomic E-state index is 9.70. The van der Waals surface area contributed by atoms with Gasteiger partial charge in [0, 0.05) is 16.0 Å². The Morgan fingerprint density at radius 2 is 1.63 bits per heavy atom. The molecule has 1 heterocycles. The van der Waals surface area contributed by atoms with Crippen LogP contribution in [-0.4, -0.2) is 37.2 Å². The smallest absolute Gasteiger partial charge is 0.203 e. The number of benzene rings is 2. The molecule has 0 spiro atoms. The number of oxime groups is 1. The number of thiazole rings is 1. The van der Waals surface area contributed by atoms with Crippen LogP contribution in [0.1, 0.15) is 15.4 Å². The Morgan fingerprint density at radius 3 is 2.15 bits per heavy atom. The second kappa shape index (κ2) is 8.09. The normalized spacial score (nSPS) is 11.3. The number of hydrogen-bond acceptors (Lipinski definition) is 7. The van der Waals surface area contributed by atoms with E-state index in [1.165, 1.54) is 32.7 Å². The van der Waals surface area contributed by atoms with E-state index in [4.69, 9.17) is 19.2 Å². The fourth-order valence-electron chi connectivity index (χ4n) is 2.80. The summed E-state index contributed by atoms with van der Waals surface area (Å²) >= 11 is 1.46. The molecular formula is C20H20N2O4S. The van der Waals surface area contributed by atoms with Crippen LogP contribution in [0.4, 0.5) is 0 Å². The Morgan fingerprint density at radius 1 is 1.00 bits per heavy atom. The van der Waals surface area contributed by atoms with Crippen LogP contribution in [0.15, 0.2) is 47.6 Å². The van der Waals surface area contributed by atoms with Crippen molar-refractivity contribution in [2.45, 2.75) is 6.92 Å². The number of rotatable bonds is 6. The second-order valence-electron chi connectivity index (χ2n) is 5.65. The first kappa shape index (κ1) is 18.7. The van der Waals surface area contributed by atoms with Gasteiger partial charge in [-0.05, 0) is 19.1 Å². The van der Waals surface area contributed by atoms with Gasteiger partial charge in [-0.25, -0.2) is 4.98 Å². The van der Waals surface area contributed by atoms with E-state index >= 15 is 0 Å². The van der Waals surface area contributed by atoms with Crippen molar-refractivity contribution in [3.63, 3.8) is 0 Å². The largest absolute Gasteiger partial charge is 0.493 e. The molecule has 140 valence electrons. The maximum Gasteiger partial charge on any atom is 0.203 e. The third-order valence-corrected chi connectivity index (χ3v) is 5.06. The van der Waals surface area contributed by atoms with Gasteiger partial charge in [-0.2, -0.15) is 0 Å². The second-order valence-corrected chi connectivity index (χ2v) is 6.86. The Labute approximate surface area is 161 Å². The minimum absolute atomic E-state index is 0.338. The summed E-state index contributed by atoms with van der Waals surface area (Å²) in [6, 6.07) is 13.4. The van der Waals surface area contributed by atoms with Gasteiger partial charge < -0.3 is 19.4 Å². The van der Waals surface area contributed by atoms with E-state index in [2.05, 4.69) is 5.16 Å². The monoisotopic (exact) mass is 384 g/mol. The highest BCUT2D eigenvalue weighted by atomic mass is 32.1. The van der Waals surface area contributed by atoms with E-state index in [0.717, 1.165) is 16.1 Å². The van der Waals surface area contributed by atoms with Crippen molar-refractivity contribution in [3.8, 4) is 28.5 Å². The molecule has 3 rings (SSSR count). The van der Waals surface area contributed by atoms with Gasteiger partial charge in [-0.1, -0.05) is 35.5 Å². The zero-order valence-electron chi connectivity index (χ0n) is 15.5. The summed E-state index contributed by atoms with van der Waals surface area (Å²) in [6.45, 7) is 1.99. The van der Waals surface area contributed by atoms with E-state index in [1.807, 2.05) is 37.3 Å². The summed E-state index contributed by atoms with van der Waals surface area (Å²) in [4.78, 5) is 5.73. The SMILES string of the molecule is COc1cc(C(=NO)c2nc(-c3ccccc3)c(C)s2)cc(OC)c1OC. The molecule has 0 fully saturated rings. The highest BCUT2D eigenvalue weighted by Crippen LogP contribution is 2.39. The zero-order chi connectivity index (χ0) is 19.4. The quantitative estimate of drug-likeness (QED) is 0.388. The van der Waals surface area contributed by atoms with E-state index in [1.54, 1.807) is 12.1 Å². The first-order chi connectivity index (χ1) is 13.1. The van der Waals surface area contributed by atoms with Crippen molar-refractivity contribution in [2.75, 3.05) is 21.3 Å². The van der Waals surface area contributed by atoms with Crippen molar-refractivity contribution < 1.29 is 19.4 Å². The van der Waals surface area contributed by atoms with Crippen LogP contribution in [0.25, 0.3) is 11.3 Å². The Kier molecular flexibility index (Phi) is 5.61. The topological polar surface area (TPSA) is 73.2 Å². The van der Waals surface area contributed by atoms with E-state index in [-0.39, 0.29) is 0 Å². The highest BCUT2D eigenvalue weighted by molar-refractivity contribution is 7.14. The molecule has 27 heavy (non-hydrogen) atoms. The number of aromatic nitrogens is 1. The maximum atomic E-state index is 9.70. The number of nitrogens with zero attached hydrogens (tertiary/aromatic N) is 2. The molecule has 0 amide bonds. The van der Waals surface area contributed by atoms with E-state index < -0.39 is 0 Å². The molecule has 7 heteroatoms. The molecule has 0 aliphatic heterocycles. The van der Waals surface area contributed by atoms with Crippen LogP contribution < -0.4 is 14.2 Å². The van der Waals surface area contributed by atoms with Gasteiger partial charge >= 0.3 is 0 Å². The third-order valence-electron chi connectivity index (χ3n) is 4.08. The molecule has 6 nitrogen and oxygen atoms in total. The van der Waals surface area contributed by atoms with Crippen LogP contribution >= 0.6 is 11.3 Å². The average molecular weight is 384 g/mol. The van der Waals surface area contributed by atoms with Crippen LogP contribution in [0.2, 0.25) is 0 Å². The fraction of sp³-hybridized carbons (Fsp3) is 0.200. The lowest BCUT2D eigenvalue weighted by Gasteiger charge is -2.14. The summed E-state index contributed by atoms with van der Waals surface area (Å²) in [7, 11) is 4.62. The van der Waals surface area contributed by atoms with Gasteiger partial charge in [0.2, 0.25) is 5.75 Å². The van der Waals surface area contributed by atoms with Crippen LogP contribution in [0, 0.1) is 6.92 Å². The first-order valence-electron chi connectivity index (χ1n) is 8.18. The van der Waals surface area contributed by atoms with Crippen molar-refractivity contribution >= 4 is 17.0 Å². The van der Waals surface area contributed by atoms with Gasteiger partial charge in [0.1, 0.15) is 10.7 Å². The molecule has 0 atom stereocenters. The van der Waals surface area contributed by atoms with Gasteiger partial charge in [0.05, 0.1) is 27.0 Å². The number of hydrogen-bond donors (Lipinski definition) is 1. The zero-order valence-corrected chi connectivity index (χ0v) is 16.3. The fourth-order valence-corrected chi connectivity index (χ4v) is 3.75. The molecule has 0 saturated carbocycles. The Bertz CT molecular complexity index is 942. The summed E-state index contributed by atoms with van der Waals surface area (Å²) in [5.41, 5.74) is 2.83. The highest BCUT2D eigenvalue weighted by Gasteiger charge is 2.21.